The van der Waals surface area contributed by atoms with Crippen molar-refractivity contribution >= 4 is 17.0 Å². The van der Waals surface area contributed by atoms with Crippen molar-refractivity contribution in [1.82, 2.24) is 0 Å². The largest absolute Gasteiger partial charge is 0.395 e. The van der Waals surface area contributed by atoms with E-state index < -0.39 is 47.1 Å². The fourth-order valence-electron chi connectivity index (χ4n) is 3.14. The molecule has 8 nitrogen and oxygen atoms in total. The number of rotatable bonds is 9. The van der Waals surface area contributed by atoms with Crippen molar-refractivity contribution in [1.29, 1.82) is 0 Å². The predicted octanol–water partition coefficient (Wildman–Crippen LogP) is 1.07. The Morgan fingerprint density at radius 2 is 1.30 bits per heavy atom. The van der Waals surface area contributed by atoms with Gasteiger partial charge in [0, 0.05) is 0 Å². The van der Waals surface area contributed by atoms with E-state index in [1.807, 2.05) is 0 Å². The van der Waals surface area contributed by atoms with E-state index in [2.05, 4.69) is 0 Å². The first-order valence-electron chi connectivity index (χ1n) is 7.91. The van der Waals surface area contributed by atoms with Crippen LogP contribution in [0.1, 0.15) is 17.2 Å². The van der Waals surface area contributed by atoms with Crippen LogP contribution in [-0.4, -0.2) is 48.1 Å². The third kappa shape index (κ3) is 4.06. The second-order valence-electron chi connectivity index (χ2n) is 5.93. The first kappa shape index (κ1) is 22.3. The van der Waals surface area contributed by atoms with Gasteiger partial charge in [-0.15, -0.1) is 0 Å². The van der Waals surface area contributed by atoms with E-state index in [4.69, 9.17) is 4.52 Å². The summed E-state index contributed by atoms with van der Waals surface area (Å²) >= 11 is 0. The third-order valence-electron chi connectivity index (χ3n) is 4.54. The van der Waals surface area contributed by atoms with Gasteiger partial charge >= 0.3 is 8.60 Å². The molecule has 0 amide bonds. The van der Waals surface area contributed by atoms with Crippen molar-refractivity contribution in [2.75, 3.05) is 13.2 Å². The van der Waals surface area contributed by atoms with E-state index in [1.54, 1.807) is 24.3 Å². The lowest BCUT2D eigenvalue weighted by molar-refractivity contribution is -0.148. The summed E-state index contributed by atoms with van der Waals surface area (Å²) in [6, 6.07) is 15.5. The minimum absolute atomic E-state index is 0.0507. The van der Waals surface area contributed by atoms with E-state index >= 15 is 0 Å². The minimum atomic E-state index is -3.19. The van der Waals surface area contributed by atoms with Crippen LogP contribution in [0.5, 0.6) is 0 Å². The van der Waals surface area contributed by atoms with Crippen LogP contribution in [0, 0.1) is 5.41 Å². The predicted molar refractivity (Wildman–Crippen MR) is 99.9 cm³/mol. The maximum Gasteiger partial charge on any atom is 0.328 e. The fourth-order valence-corrected chi connectivity index (χ4v) is 5.22. The van der Waals surface area contributed by atoms with E-state index in [0.717, 1.165) is 0 Å². The summed E-state index contributed by atoms with van der Waals surface area (Å²) in [5, 5.41) is 29.0. The van der Waals surface area contributed by atoms with Crippen LogP contribution in [0.3, 0.4) is 0 Å². The van der Waals surface area contributed by atoms with Crippen LogP contribution in [0.4, 0.5) is 0 Å². The Morgan fingerprint density at radius 3 is 1.70 bits per heavy atom. The smallest absolute Gasteiger partial charge is 0.328 e. The van der Waals surface area contributed by atoms with Gasteiger partial charge in [0.25, 0.3) is 0 Å². The average Bonchev–Trinajstić information content (AvgIpc) is 2.69. The highest BCUT2D eigenvalue weighted by atomic mass is 31.2. The van der Waals surface area contributed by atoms with Gasteiger partial charge in [-0.1, -0.05) is 60.7 Å². The van der Waals surface area contributed by atoms with Crippen molar-refractivity contribution in [3.05, 3.63) is 71.8 Å². The van der Waals surface area contributed by atoms with Gasteiger partial charge in [0.1, 0.15) is 0 Å². The van der Waals surface area contributed by atoms with Gasteiger partial charge in [-0.3, -0.25) is 4.52 Å². The van der Waals surface area contributed by atoms with E-state index in [9.17, 15) is 34.9 Å². The normalized spacial score (nSPS) is 15.7. The maximum absolute atomic E-state index is 11.0. The molecular formula is C17H22O8P2. The Hall–Kier alpha value is -1.02. The summed E-state index contributed by atoms with van der Waals surface area (Å²) in [6.45, 7) is -1.89. The lowest BCUT2D eigenvalue weighted by atomic mass is 9.72. The number of aliphatic hydroxyl groups excluding tert-OH is 3. The molecule has 0 bridgehead atoms. The molecule has 0 fully saturated rings. The monoisotopic (exact) mass is 416 g/mol. The third-order valence-corrected chi connectivity index (χ3v) is 6.48. The zero-order chi connectivity index (χ0) is 20.1. The Labute approximate surface area is 158 Å². The molecule has 27 heavy (non-hydrogen) atoms. The lowest BCUT2D eigenvalue weighted by Crippen LogP contribution is -2.54. The van der Waals surface area contributed by atoms with Crippen LogP contribution in [-0.2, 0) is 9.87 Å². The molecule has 148 valence electrons. The van der Waals surface area contributed by atoms with Gasteiger partial charge in [-0.25, -0.2) is 0 Å². The SMILES string of the molecule is OCC(CO)(C(O)c1ccccc1)C(OP(O)O)(c1ccccc1)P(O)O. The molecular weight excluding hydrogens is 394 g/mol. The summed E-state index contributed by atoms with van der Waals surface area (Å²) < 4.78 is 5.20. The summed E-state index contributed by atoms with van der Waals surface area (Å²) in [5.41, 5.74) is -1.80. The van der Waals surface area contributed by atoms with Crippen LogP contribution in [0.25, 0.3) is 0 Å². The van der Waals surface area contributed by atoms with Gasteiger partial charge in [-0.05, 0) is 11.1 Å². The first-order chi connectivity index (χ1) is 12.9. The van der Waals surface area contributed by atoms with Gasteiger partial charge in [-0.2, -0.15) is 0 Å². The quantitative estimate of drug-likeness (QED) is 0.300. The Kier molecular flexibility index (Phi) is 7.80. The summed E-state index contributed by atoms with van der Waals surface area (Å²) in [5.74, 6) is 0. The highest BCUT2D eigenvalue weighted by Gasteiger charge is 2.63. The Balaban J connectivity index is 2.78. The van der Waals surface area contributed by atoms with Gasteiger partial charge in [0.15, 0.2) is 5.34 Å². The molecule has 0 saturated heterocycles. The Morgan fingerprint density at radius 1 is 0.815 bits per heavy atom. The van der Waals surface area contributed by atoms with Crippen molar-refractivity contribution in [3.63, 3.8) is 0 Å². The van der Waals surface area contributed by atoms with Gasteiger partial charge in [0.05, 0.1) is 24.7 Å². The minimum Gasteiger partial charge on any atom is -0.395 e. The first-order valence-corrected chi connectivity index (χ1v) is 10.3. The van der Waals surface area contributed by atoms with Crippen LogP contribution >= 0.6 is 17.0 Å². The highest BCUT2D eigenvalue weighted by Crippen LogP contribution is 2.67. The average molecular weight is 416 g/mol. The Bertz CT molecular complexity index is 697. The molecule has 0 aromatic heterocycles. The molecule has 2 aromatic rings. The van der Waals surface area contributed by atoms with E-state index in [-0.39, 0.29) is 11.1 Å². The van der Waals surface area contributed by atoms with Gasteiger partial charge in [0.2, 0.25) is 8.38 Å². The number of aliphatic hydroxyl groups is 3. The fraction of sp³-hybridized carbons (Fsp3) is 0.294. The topological polar surface area (TPSA) is 151 Å². The second kappa shape index (κ2) is 9.45. The zero-order valence-corrected chi connectivity index (χ0v) is 16.0. The molecule has 0 aliphatic heterocycles. The van der Waals surface area contributed by atoms with Crippen molar-refractivity contribution in [2.45, 2.75) is 11.4 Å². The van der Waals surface area contributed by atoms with Crippen molar-refractivity contribution in [2.24, 2.45) is 5.41 Å². The molecule has 0 radical (unpaired) electrons. The molecule has 2 rings (SSSR count). The summed E-state index contributed by atoms with van der Waals surface area (Å²) in [4.78, 5) is 39.7. The maximum atomic E-state index is 11.0. The molecule has 0 aliphatic carbocycles. The zero-order valence-electron chi connectivity index (χ0n) is 14.2. The van der Waals surface area contributed by atoms with E-state index in [1.165, 1.54) is 36.4 Å². The van der Waals surface area contributed by atoms with Crippen LogP contribution in [0.15, 0.2) is 60.7 Å². The molecule has 7 N–H and O–H groups in total. The van der Waals surface area contributed by atoms with E-state index in [0.29, 0.717) is 0 Å². The van der Waals surface area contributed by atoms with Crippen LogP contribution in [0.2, 0.25) is 0 Å². The second-order valence-corrected chi connectivity index (χ2v) is 7.83. The summed E-state index contributed by atoms with van der Waals surface area (Å²) in [7, 11) is -6.34. The molecule has 0 saturated carbocycles. The van der Waals surface area contributed by atoms with Crippen molar-refractivity contribution in [3.8, 4) is 0 Å². The van der Waals surface area contributed by atoms with Crippen molar-refractivity contribution < 1.29 is 39.4 Å². The molecule has 0 aliphatic rings. The molecule has 10 heteroatoms. The standard InChI is InChI=1S/C17H22O8P2/c18-11-16(12-19,15(20)13-7-3-1-4-8-13)17(26(21)22,25-27(23)24)14-9-5-2-6-10-14/h1-10,15,18-24H,11-12H2. The lowest BCUT2D eigenvalue weighted by Gasteiger charge is -2.50. The number of hydrogen-bond acceptors (Lipinski definition) is 8. The molecule has 0 spiro atoms. The molecule has 2 unspecified atom stereocenters. The highest BCUT2D eigenvalue weighted by molar-refractivity contribution is 7.47. The molecule has 2 atom stereocenters. The molecule has 2 aromatic carbocycles. The van der Waals surface area contributed by atoms with Crippen LogP contribution < -0.4 is 0 Å². The number of hydrogen-bond donors (Lipinski definition) is 7. The summed E-state index contributed by atoms with van der Waals surface area (Å²) in [6.07, 6.45) is -1.63. The molecule has 0 heterocycles. The van der Waals surface area contributed by atoms with Gasteiger partial charge < -0.3 is 34.9 Å². The number of benzene rings is 2.